The van der Waals surface area contributed by atoms with Gasteiger partial charge in [-0.15, -0.1) is 0 Å². The standard InChI is InChI=1S/C12H15ClN4O2/c1-3-4-17-12(18)11(13)10(7-15-17)14-6-9-5-8(2)19-16-9/h5,7,14H,3-4,6H2,1-2H3. The molecule has 2 aromatic rings. The largest absolute Gasteiger partial charge is 0.377 e. The number of rotatable bonds is 5. The molecular weight excluding hydrogens is 268 g/mol. The number of nitrogens with zero attached hydrogens (tertiary/aromatic N) is 3. The lowest BCUT2D eigenvalue weighted by atomic mass is 10.3. The Kier molecular flexibility index (Phi) is 4.21. The Bertz CT molecular complexity index is 620. The first-order chi connectivity index (χ1) is 9.11. The van der Waals surface area contributed by atoms with Crippen LogP contribution in [0.5, 0.6) is 0 Å². The lowest BCUT2D eigenvalue weighted by molar-refractivity contribution is 0.391. The minimum atomic E-state index is -0.287. The molecule has 7 heteroatoms. The molecule has 0 aromatic carbocycles. The van der Waals surface area contributed by atoms with Crippen molar-refractivity contribution in [2.75, 3.05) is 5.32 Å². The van der Waals surface area contributed by atoms with E-state index >= 15 is 0 Å². The number of anilines is 1. The fourth-order valence-electron chi connectivity index (χ4n) is 1.65. The van der Waals surface area contributed by atoms with Crippen LogP contribution in [0.4, 0.5) is 5.69 Å². The Morgan fingerprint density at radius 2 is 2.32 bits per heavy atom. The van der Waals surface area contributed by atoms with Gasteiger partial charge in [-0.05, 0) is 13.3 Å². The maximum absolute atomic E-state index is 11.9. The second kappa shape index (κ2) is 5.88. The highest BCUT2D eigenvalue weighted by Crippen LogP contribution is 2.16. The number of hydrogen-bond acceptors (Lipinski definition) is 5. The normalized spacial score (nSPS) is 10.7. The molecule has 102 valence electrons. The molecule has 0 bridgehead atoms. The highest BCUT2D eigenvalue weighted by molar-refractivity contribution is 6.32. The molecule has 0 aliphatic rings. The second-order valence-corrected chi connectivity index (χ2v) is 4.56. The quantitative estimate of drug-likeness (QED) is 0.910. The lowest BCUT2D eigenvalue weighted by Crippen LogP contribution is -2.24. The van der Waals surface area contributed by atoms with Gasteiger partial charge >= 0.3 is 0 Å². The summed E-state index contributed by atoms with van der Waals surface area (Å²) in [5.74, 6) is 0.736. The van der Waals surface area contributed by atoms with Gasteiger partial charge in [0, 0.05) is 12.6 Å². The molecular formula is C12H15ClN4O2. The van der Waals surface area contributed by atoms with Crippen molar-refractivity contribution in [3.8, 4) is 0 Å². The Morgan fingerprint density at radius 1 is 1.53 bits per heavy atom. The Hall–Kier alpha value is -1.82. The predicted molar refractivity (Wildman–Crippen MR) is 72.4 cm³/mol. The Balaban J connectivity index is 2.13. The smallest absolute Gasteiger partial charge is 0.287 e. The van der Waals surface area contributed by atoms with Crippen molar-refractivity contribution < 1.29 is 4.52 Å². The maximum atomic E-state index is 11.9. The lowest BCUT2D eigenvalue weighted by Gasteiger charge is -2.08. The summed E-state index contributed by atoms with van der Waals surface area (Å²) in [6, 6.07) is 1.81. The van der Waals surface area contributed by atoms with Crippen molar-refractivity contribution in [3.05, 3.63) is 39.1 Å². The molecule has 1 N–H and O–H groups in total. The maximum Gasteiger partial charge on any atom is 0.287 e. The van der Waals surface area contributed by atoms with Crippen molar-refractivity contribution >= 4 is 17.3 Å². The van der Waals surface area contributed by atoms with E-state index in [2.05, 4.69) is 15.6 Å². The van der Waals surface area contributed by atoms with Crippen LogP contribution in [-0.2, 0) is 13.1 Å². The van der Waals surface area contributed by atoms with Gasteiger partial charge < -0.3 is 9.84 Å². The van der Waals surface area contributed by atoms with Gasteiger partial charge in [-0.2, -0.15) is 5.10 Å². The van der Waals surface area contributed by atoms with Crippen molar-refractivity contribution in [1.82, 2.24) is 14.9 Å². The third-order valence-electron chi connectivity index (χ3n) is 2.56. The molecule has 2 heterocycles. The number of hydrogen-bond donors (Lipinski definition) is 1. The van der Waals surface area contributed by atoms with Gasteiger partial charge in [0.05, 0.1) is 18.4 Å². The molecule has 0 unspecified atom stereocenters. The molecule has 0 aliphatic carbocycles. The van der Waals surface area contributed by atoms with Gasteiger partial charge in [0.2, 0.25) is 0 Å². The van der Waals surface area contributed by atoms with E-state index in [0.717, 1.165) is 17.9 Å². The molecule has 0 atom stereocenters. The summed E-state index contributed by atoms with van der Waals surface area (Å²) in [5.41, 5.74) is 0.954. The predicted octanol–water partition coefficient (Wildman–Crippen LogP) is 2.22. The van der Waals surface area contributed by atoms with Crippen molar-refractivity contribution in [1.29, 1.82) is 0 Å². The summed E-state index contributed by atoms with van der Waals surface area (Å²) < 4.78 is 6.31. The zero-order valence-corrected chi connectivity index (χ0v) is 11.6. The van der Waals surface area contributed by atoms with Crippen molar-refractivity contribution in [2.24, 2.45) is 0 Å². The molecule has 0 saturated heterocycles. The third kappa shape index (κ3) is 3.14. The van der Waals surface area contributed by atoms with Gasteiger partial charge in [-0.25, -0.2) is 4.68 Å². The second-order valence-electron chi connectivity index (χ2n) is 4.18. The summed E-state index contributed by atoms with van der Waals surface area (Å²) in [6.45, 7) is 4.77. The van der Waals surface area contributed by atoms with E-state index in [1.165, 1.54) is 4.68 Å². The minimum Gasteiger partial charge on any atom is -0.377 e. The SMILES string of the molecule is CCCn1ncc(NCc2cc(C)on2)c(Cl)c1=O. The molecule has 6 nitrogen and oxygen atoms in total. The topological polar surface area (TPSA) is 73.0 Å². The molecule has 0 amide bonds. The fourth-order valence-corrected chi connectivity index (χ4v) is 1.86. The summed E-state index contributed by atoms with van der Waals surface area (Å²) in [7, 11) is 0. The summed E-state index contributed by atoms with van der Waals surface area (Å²) in [4.78, 5) is 11.9. The van der Waals surface area contributed by atoms with Crippen LogP contribution in [0.25, 0.3) is 0 Å². The van der Waals surface area contributed by atoms with E-state index in [1.54, 1.807) is 6.20 Å². The summed E-state index contributed by atoms with van der Waals surface area (Å²) >= 11 is 6.03. The summed E-state index contributed by atoms with van der Waals surface area (Å²) in [5, 5.41) is 11.1. The van der Waals surface area contributed by atoms with Crippen molar-refractivity contribution in [3.63, 3.8) is 0 Å². The number of nitrogens with one attached hydrogen (secondary N) is 1. The van der Waals surface area contributed by atoms with Crippen LogP contribution >= 0.6 is 11.6 Å². The van der Waals surface area contributed by atoms with Gasteiger partial charge in [-0.1, -0.05) is 23.7 Å². The first-order valence-corrected chi connectivity index (χ1v) is 6.41. The Morgan fingerprint density at radius 3 is 2.95 bits per heavy atom. The van der Waals surface area contributed by atoms with E-state index in [9.17, 15) is 4.79 Å². The van der Waals surface area contributed by atoms with Gasteiger partial charge in [0.1, 0.15) is 16.5 Å². The van der Waals surface area contributed by atoms with E-state index in [4.69, 9.17) is 16.1 Å². The summed E-state index contributed by atoms with van der Waals surface area (Å²) in [6.07, 6.45) is 2.38. The molecule has 0 radical (unpaired) electrons. The zero-order valence-electron chi connectivity index (χ0n) is 10.8. The highest BCUT2D eigenvalue weighted by atomic mass is 35.5. The Labute approximate surface area is 115 Å². The number of aromatic nitrogens is 3. The average molecular weight is 283 g/mol. The van der Waals surface area contributed by atoms with E-state index in [-0.39, 0.29) is 10.6 Å². The first-order valence-electron chi connectivity index (χ1n) is 6.03. The van der Waals surface area contributed by atoms with Crippen LogP contribution in [0.2, 0.25) is 5.02 Å². The first kappa shape index (κ1) is 13.6. The molecule has 2 rings (SSSR count). The van der Waals surface area contributed by atoms with Crippen LogP contribution in [0.3, 0.4) is 0 Å². The van der Waals surface area contributed by atoms with Crippen molar-refractivity contribution in [2.45, 2.75) is 33.4 Å². The molecule has 0 fully saturated rings. The van der Waals surface area contributed by atoms with Gasteiger partial charge in [0.15, 0.2) is 0 Å². The van der Waals surface area contributed by atoms with Crippen LogP contribution in [0, 0.1) is 6.92 Å². The third-order valence-corrected chi connectivity index (χ3v) is 2.92. The van der Waals surface area contributed by atoms with E-state index in [1.807, 2.05) is 19.9 Å². The molecule has 0 aliphatic heterocycles. The van der Waals surface area contributed by atoms with Gasteiger partial charge in [-0.3, -0.25) is 4.79 Å². The van der Waals surface area contributed by atoms with Crippen LogP contribution in [0.15, 0.2) is 21.6 Å². The number of aryl methyl sites for hydroxylation is 2. The van der Waals surface area contributed by atoms with Crippen LogP contribution < -0.4 is 10.9 Å². The van der Waals surface area contributed by atoms with E-state index in [0.29, 0.717) is 18.8 Å². The van der Waals surface area contributed by atoms with E-state index < -0.39 is 0 Å². The molecule has 19 heavy (non-hydrogen) atoms. The monoisotopic (exact) mass is 282 g/mol. The molecule has 0 saturated carbocycles. The average Bonchev–Trinajstić information content (AvgIpc) is 2.80. The molecule has 0 spiro atoms. The molecule has 2 aromatic heterocycles. The minimum absolute atomic E-state index is 0.142. The highest BCUT2D eigenvalue weighted by Gasteiger charge is 2.09. The van der Waals surface area contributed by atoms with Crippen LogP contribution in [0.1, 0.15) is 24.8 Å². The fraction of sp³-hybridized carbons (Fsp3) is 0.417. The zero-order chi connectivity index (χ0) is 13.8. The van der Waals surface area contributed by atoms with Gasteiger partial charge in [0.25, 0.3) is 5.56 Å². The number of halogens is 1. The van der Waals surface area contributed by atoms with Crippen LogP contribution in [-0.4, -0.2) is 14.9 Å².